The van der Waals surface area contributed by atoms with E-state index in [-0.39, 0.29) is 35.6 Å². The second-order valence-corrected chi connectivity index (χ2v) is 8.52. The lowest BCUT2D eigenvalue weighted by molar-refractivity contribution is -0.116. The highest BCUT2D eigenvalue weighted by atomic mass is 32.2. The number of rotatable bonds is 9. The van der Waals surface area contributed by atoms with E-state index in [1.54, 1.807) is 12.3 Å². The van der Waals surface area contributed by atoms with E-state index in [2.05, 4.69) is 4.98 Å². The summed E-state index contributed by atoms with van der Waals surface area (Å²) < 4.78 is 6.57. The van der Waals surface area contributed by atoms with Gasteiger partial charge in [0.15, 0.2) is 5.69 Å². The number of nitrogens with two attached hydrogens (primary N) is 1. The van der Waals surface area contributed by atoms with E-state index < -0.39 is 11.2 Å². The van der Waals surface area contributed by atoms with Crippen molar-refractivity contribution in [3.05, 3.63) is 80.9 Å². The molecular weight excluding hydrogens is 416 g/mol. The summed E-state index contributed by atoms with van der Waals surface area (Å²) in [6.07, 6.45) is 1.58. The smallest absolute Gasteiger partial charge is 0.330 e. The van der Waals surface area contributed by atoms with Crippen molar-refractivity contribution in [3.8, 4) is 0 Å². The number of furan rings is 1. The summed E-state index contributed by atoms with van der Waals surface area (Å²) in [5.74, 6) is 1.25. The maximum atomic E-state index is 13.0. The Hall–Kier alpha value is -3.20. The number of thioether (sulfide) groups is 1. The fourth-order valence-electron chi connectivity index (χ4n) is 3.16. The van der Waals surface area contributed by atoms with E-state index in [0.717, 1.165) is 11.3 Å². The second kappa shape index (κ2) is 10.2. The van der Waals surface area contributed by atoms with Crippen LogP contribution in [0.4, 0.5) is 11.5 Å². The van der Waals surface area contributed by atoms with Crippen LogP contribution in [0.5, 0.6) is 0 Å². The first-order valence-corrected chi connectivity index (χ1v) is 11.1. The number of nitrogen functional groups attached to an aromatic ring is 1. The molecule has 0 saturated carbocycles. The van der Waals surface area contributed by atoms with Gasteiger partial charge in [-0.25, -0.2) is 4.79 Å². The van der Waals surface area contributed by atoms with E-state index in [1.807, 2.05) is 50.2 Å². The molecule has 1 aromatic carbocycles. The minimum Gasteiger partial charge on any atom is -0.468 e. The molecule has 0 fully saturated rings. The molecule has 0 aliphatic carbocycles. The van der Waals surface area contributed by atoms with Crippen LogP contribution in [0.3, 0.4) is 0 Å². The summed E-state index contributed by atoms with van der Waals surface area (Å²) in [6.45, 7) is 4.38. The summed E-state index contributed by atoms with van der Waals surface area (Å²) in [6, 6.07) is 12.9. The summed E-state index contributed by atoms with van der Waals surface area (Å²) >= 11 is 1.38. The van der Waals surface area contributed by atoms with Crippen LogP contribution in [0, 0.1) is 5.92 Å². The zero-order valence-corrected chi connectivity index (χ0v) is 18.4. The lowest BCUT2D eigenvalue weighted by atomic mass is 10.2. The Balaban J connectivity index is 1.90. The van der Waals surface area contributed by atoms with Crippen LogP contribution < -0.4 is 21.9 Å². The molecule has 1 amide bonds. The molecule has 164 valence electrons. The average Bonchev–Trinajstić information content (AvgIpc) is 3.24. The van der Waals surface area contributed by atoms with Crippen molar-refractivity contribution >= 4 is 29.2 Å². The number of nitrogens with one attached hydrogen (secondary N) is 1. The first-order valence-electron chi connectivity index (χ1n) is 9.93. The molecule has 9 heteroatoms. The third kappa shape index (κ3) is 5.69. The minimum absolute atomic E-state index is 0.00725. The van der Waals surface area contributed by atoms with Gasteiger partial charge in [-0.1, -0.05) is 44.2 Å². The number of carbonyl (C=O) groups is 1. The van der Waals surface area contributed by atoms with Crippen molar-refractivity contribution in [1.29, 1.82) is 0 Å². The Morgan fingerprint density at radius 1 is 1.19 bits per heavy atom. The predicted molar refractivity (Wildman–Crippen MR) is 123 cm³/mol. The van der Waals surface area contributed by atoms with Crippen LogP contribution in [-0.4, -0.2) is 27.8 Å². The number of benzene rings is 1. The molecule has 0 aliphatic heterocycles. The Morgan fingerprint density at radius 3 is 2.58 bits per heavy atom. The van der Waals surface area contributed by atoms with Crippen molar-refractivity contribution in [2.24, 2.45) is 5.92 Å². The van der Waals surface area contributed by atoms with E-state index >= 15 is 0 Å². The molecule has 3 rings (SSSR count). The maximum Gasteiger partial charge on any atom is 0.330 e. The van der Waals surface area contributed by atoms with Gasteiger partial charge in [-0.05, 0) is 23.6 Å². The molecular formula is C22H26N4O4S. The predicted octanol–water partition coefficient (Wildman–Crippen LogP) is 2.68. The van der Waals surface area contributed by atoms with Gasteiger partial charge >= 0.3 is 5.69 Å². The topological polar surface area (TPSA) is 114 Å². The van der Waals surface area contributed by atoms with Crippen molar-refractivity contribution in [3.63, 3.8) is 0 Å². The zero-order chi connectivity index (χ0) is 22.4. The average molecular weight is 443 g/mol. The molecule has 0 atom stereocenters. The quantitative estimate of drug-likeness (QED) is 0.527. The zero-order valence-electron chi connectivity index (χ0n) is 17.5. The fourth-order valence-corrected chi connectivity index (χ4v) is 3.95. The molecule has 3 aromatic rings. The molecule has 0 bridgehead atoms. The van der Waals surface area contributed by atoms with E-state index in [1.165, 1.54) is 21.2 Å². The number of aromatic amines is 1. The van der Waals surface area contributed by atoms with E-state index in [0.29, 0.717) is 12.3 Å². The molecule has 0 spiro atoms. The highest BCUT2D eigenvalue weighted by molar-refractivity contribution is 7.99. The number of hydrogen-bond donors (Lipinski definition) is 2. The standard InChI is InChI=1S/C22H26N4O4S/c1-15(2)11-25(18(27)14-31-13-17-9-6-10-30-17)19-20(23)26(22(29)24-21(19)28)12-16-7-4-3-5-8-16/h3-10,15H,11-14,23H2,1-2H3,(H,24,28,29). The van der Waals surface area contributed by atoms with Gasteiger partial charge in [0.2, 0.25) is 5.91 Å². The molecule has 2 heterocycles. The monoisotopic (exact) mass is 442 g/mol. The number of hydrogen-bond acceptors (Lipinski definition) is 6. The van der Waals surface area contributed by atoms with E-state index in [4.69, 9.17) is 10.2 Å². The van der Waals surface area contributed by atoms with Crippen molar-refractivity contribution in [2.45, 2.75) is 26.1 Å². The second-order valence-electron chi connectivity index (χ2n) is 7.54. The van der Waals surface area contributed by atoms with Crippen LogP contribution in [0.2, 0.25) is 0 Å². The van der Waals surface area contributed by atoms with Gasteiger partial charge in [0.1, 0.15) is 11.6 Å². The van der Waals surface area contributed by atoms with Gasteiger partial charge in [-0.2, -0.15) is 0 Å². The van der Waals surface area contributed by atoms with Crippen molar-refractivity contribution in [2.75, 3.05) is 22.9 Å². The van der Waals surface area contributed by atoms with Crippen LogP contribution in [0.25, 0.3) is 0 Å². The van der Waals surface area contributed by atoms with Gasteiger partial charge < -0.3 is 15.1 Å². The molecule has 0 aliphatic rings. The SMILES string of the molecule is CC(C)CN(C(=O)CSCc1ccco1)c1c(N)n(Cc2ccccc2)c(=O)[nH]c1=O. The highest BCUT2D eigenvalue weighted by Crippen LogP contribution is 2.21. The molecule has 8 nitrogen and oxygen atoms in total. The third-order valence-electron chi connectivity index (χ3n) is 4.57. The molecule has 0 radical (unpaired) electrons. The van der Waals surface area contributed by atoms with Gasteiger partial charge in [0, 0.05) is 6.54 Å². The van der Waals surface area contributed by atoms with Gasteiger partial charge in [-0.15, -0.1) is 11.8 Å². The lowest BCUT2D eigenvalue weighted by Gasteiger charge is -2.26. The lowest BCUT2D eigenvalue weighted by Crippen LogP contribution is -2.43. The van der Waals surface area contributed by atoms with Crippen LogP contribution in [-0.2, 0) is 17.1 Å². The Morgan fingerprint density at radius 2 is 1.94 bits per heavy atom. The third-order valence-corrected chi connectivity index (χ3v) is 5.51. The maximum absolute atomic E-state index is 13.0. The largest absolute Gasteiger partial charge is 0.468 e. The summed E-state index contributed by atoms with van der Waals surface area (Å²) in [5, 5.41) is 0. The normalized spacial score (nSPS) is 11.1. The number of aromatic nitrogens is 2. The molecule has 31 heavy (non-hydrogen) atoms. The fraction of sp³-hybridized carbons (Fsp3) is 0.318. The molecule has 2 aromatic heterocycles. The first-order chi connectivity index (χ1) is 14.9. The number of nitrogens with zero attached hydrogens (tertiary/aromatic N) is 2. The number of amides is 1. The minimum atomic E-state index is -0.670. The Labute approximate surface area is 184 Å². The van der Waals surface area contributed by atoms with Crippen LogP contribution >= 0.6 is 11.8 Å². The summed E-state index contributed by atoms with van der Waals surface area (Å²) in [5.41, 5.74) is 5.86. The van der Waals surface area contributed by atoms with Crippen LogP contribution in [0.1, 0.15) is 25.2 Å². The van der Waals surface area contributed by atoms with Crippen molar-refractivity contribution in [1.82, 2.24) is 9.55 Å². The van der Waals surface area contributed by atoms with Gasteiger partial charge in [0.25, 0.3) is 5.56 Å². The molecule has 0 saturated heterocycles. The van der Waals surface area contributed by atoms with Gasteiger partial charge in [0.05, 0.1) is 24.3 Å². The summed E-state index contributed by atoms with van der Waals surface area (Å²) in [4.78, 5) is 41.9. The van der Waals surface area contributed by atoms with Gasteiger partial charge in [-0.3, -0.25) is 19.1 Å². The Kier molecular flexibility index (Phi) is 7.41. The number of H-pyrrole nitrogens is 1. The number of anilines is 2. The summed E-state index contributed by atoms with van der Waals surface area (Å²) in [7, 11) is 0. The van der Waals surface area contributed by atoms with E-state index in [9.17, 15) is 14.4 Å². The highest BCUT2D eigenvalue weighted by Gasteiger charge is 2.25. The van der Waals surface area contributed by atoms with Crippen LogP contribution in [0.15, 0.2) is 62.7 Å². The van der Waals surface area contributed by atoms with Crippen molar-refractivity contribution < 1.29 is 9.21 Å². The molecule has 0 unspecified atom stereocenters. The molecule has 3 N–H and O–H groups in total. The number of carbonyl (C=O) groups excluding carboxylic acids is 1. The Bertz CT molecular complexity index is 1120. The first kappa shape index (κ1) is 22.5.